The molecule has 0 aromatic heterocycles. The zero-order chi connectivity index (χ0) is 9.14. The first kappa shape index (κ1) is 8.91. The van der Waals surface area contributed by atoms with Crippen LogP contribution in [0.4, 0.5) is 5.69 Å². The number of hydrogen-bond donors (Lipinski definition) is 2. The average Bonchev–Trinajstić information content (AvgIpc) is 2.08. The summed E-state index contributed by atoms with van der Waals surface area (Å²) < 4.78 is 0. The quantitative estimate of drug-likeness (QED) is 0.522. The number of hydrogen-bond acceptors (Lipinski definition) is 2. The van der Waals surface area contributed by atoms with E-state index in [2.05, 4.69) is 13.8 Å². The second kappa shape index (κ2) is 3.48. The van der Waals surface area contributed by atoms with Crippen LogP contribution in [-0.4, -0.2) is 5.11 Å². The van der Waals surface area contributed by atoms with Crippen molar-refractivity contribution in [1.29, 1.82) is 0 Å². The van der Waals surface area contributed by atoms with Gasteiger partial charge in [-0.3, -0.25) is 0 Å². The highest BCUT2D eigenvalue weighted by molar-refractivity contribution is 5.56. The van der Waals surface area contributed by atoms with Crippen LogP contribution >= 0.6 is 0 Å². The van der Waals surface area contributed by atoms with E-state index in [1.165, 1.54) is 0 Å². The standard InChI is InChI=1S/C10H15NO/c1-3-7(2)8-5-4-6-9(11)10(8)12/h4-7,12H,3,11H2,1-2H3. The first-order valence-corrected chi connectivity index (χ1v) is 4.24. The molecule has 3 N–H and O–H groups in total. The van der Waals surface area contributed by atoms with Gasteiger partial charge in [0, 0.05) is 0 Å². The zero-order valence-corrected chi connectivity index (χ0v) is 7.54. The number of para-hydroxylation sites is 1. The molecular weight excluding hydrogens is 150 g/mol. The number of phenolic OH excluding ortho intramolecular Hbond substituents is 1. The van der Waals surface area contributed by atoms with Crippen molar-refractivity contribution < 1.29 is 5.11 Å². The minimum atomic E-state index is 0.242. The number of aromatic hydroxyl groups is 1. The van der Waals surface area contributed by atoms with Crippen LogP contribution in [0.25, 0.3) is 0 Å². The average molecular weight is 165 g/mol. The summed E-state index contributed by atoms with van der Waals surface area (Å²) in [6.07, 6.45) is 1.01. The molecule has 0 spiro atoms. The molecule has 0 aliphatic carbocycles. The van der Waals surface area contributed by atoms with E-state index in [9.17, 15) is 5.11 Å². The van der Waals surface area contributed by atoms with Crippen molar-refractivity contribution in [2.75, 3.05) is 5.73 Å². The van der Waals surface area contributed by atoms with Gasteiger partial charge in [0.15, 0.2) is 0 Å². The molecule has 0 saturated heterocycles. The maximum atomic E-state index is 9.57. The van der Waals surface area contributed by atoms with Crippen LogP contribution in [0.5, 0.6) is 5.75 Å². The first-order valence-electron chi connectivity index (χ1n) is 4.24. The van der Waals surface area contributed by atoms with Gasteiger partial charge in [-0.05, 0) is 24.0 Å². The Kier molecular flexibility index (Phi) is 2.58. The largest absolute Gasteiger partial charge is 0.505 e. The van der Waals surface area contributed by atoms with Gasteiger partial charge in [0.25, 0.3) is 0 Å². The second-order valence-corrected chi connectivity index (χ2v) is 3.09. The first-order chi connectivity index (χ1) is 5.66. The summed E-state index contributed by atoms with van der Waals surface area (Å²) in [7, 11) is 0. The summed E-state index contributed by atoms with van der Waals surface area (Å²) in [6.45, 7) is 4.17. The van der Waals surface area contributed by atoms with Crippen LogP contribution in [-0.2, 0) is 0 Å². The topological polar surface area (TPSA) is 46.2 Å². The highest BCUT2D eigenvalue weighted by Gasteiger charge is 2.09. The van der Waals surface area contributed by atoms with Crippen LogP contribution in [0, 0.1) is 0 Å². The van der Waals surface area contributed by atoms with E-state index < -0.39 is 0 Å². The number of rotatable bonds is 2. The predicted molar refractivity (Wildman–Crippen MR) is 51.2 cm³/mol. The highest BCUT2D eigenvalue weighted by Crippen LogP contribution is 2.31. The van der Waals surface area contributed by atoms with Gasteiger partial charge in [-0.1, -0.05) is 26.0 Å². The molecule has 0 aliphatic heterocycles. The predicted octanol–water partition coefficient (Wildman–Crippen LogP) is 2.49. The lowest BCUT2D eigenvalue weighted by atomic mass is 9.97. The van der Waals surface area contributed by atoms with E-state index in [1.807, 2.05) is 12.1 Å². The normalized spacial score (nSPS) is 12.8. The molecule has 66 valence electrons. The molecule has 0 aliphatic rings. The Morgan fingerprint density at radius 2 is 2.17 bits per heavy atom. The zero-order valence-electron chi connectivity index (χ0n) is 7.54. The van der Waals surface area contributed by atoms with Gasteiger partial charge < -0.3 is 10.8 Å². The molecular formula is C10H15NO. The molecule has 0 saturated carbocycles. The lowest BCUT2D eigenvalue weighted by Gasteiger charge is -2.11. The minimum absolute atomic E-state index is 0.242. The fourth-order valence-electron chi connectivity index (χ4n) is 1.20. The smallest absolute Gasteiger partial charge is 0.141 e. The summed E-state index contributed by atoms with van der Waals surface area (Å²) in [4.78, 5) is 0. The van der Waals surface area contributed by atoms with Crippen LogP contribution in [0.15, 0.2) is 18.2 Å². The number of nitrogen functional groups attached to an aromatic ring is 1. The summed E-state index contributed by atoms with van der Waals surface area (Å²) in [5, 5.41) is 9.57. The van der Waals surface area contributed by atoms with Crippen LogP contribution < -0.4 is 5.73 Å². The van der Waals surface area contributed by atoms with Crippen LogP contribution in [0.2, 0.25) is 0 Å². The summed E-state index contributed by atoms with van der Waals surface area (Å²) in [5.74, 6) is 0.611. The Morgan fingerprint density at radius 3 is 2.75 bits per heavy atom. The molecule has 2 heteroatoms. The summed E-state index contributed by atoms with van der Waals surface area (Å²) in [5.41, 5.74) is 6.97. The van der Waals surface area contributed by atoms with E-state index >= 15 is 0 Å². The summed E-state index contributed by atoms with van der Waals surface area (Å²) in [6, 6.07) is 5.50. The van der Waals surface area contributed by atoms with Crippen LogP contribution in [0.3, 0.4) is 0 Å². The van der Waals surface area contributed by atoms with Crippen molar-refractivity contribution in [3.8, 4) is 5.75 Å². The van der Waals surface area contributed by atoms with Crippen molar-refractivity contribution in [1.82, 2.24) is 0 Å². The van der Waals surface area contributed by atoms with Gasteiger partial charge in [0.05, 0.1) is 5.69 Å². The van der Waals surface area contributed by atoms with Gasteiger partial charge >= 0.3 is 0 Å². The van der Waals surface area contributed by atoms with Gasteiger partial charge in [0.2, 0.25) is 0 Å². The molecule has 0 bridgehead atoms. The molecule has 12 heavy (non-hydrogen) atoms. The van der Waals surface area contributed by atoms with E-state index in [1.54, 1.807) is 6.07 Å². The van der Waals surface area contributed by atoms with Crippen molar-refractivity contribution in [2.24, 2.45) is 0 Å². The fraction of sp³-hybridized carbons (Fsp3) is 0.400. The van der Waals surface area contributed by atoms with Gasteiger partial charge in [-0.25, -0.2) is 0 Å². The monoisotopic (exact) mass is 165 g/mol. The Hall–Kier alpha value is -1.18. The molecule has 2 nitrogen and oxygen atoms in total. The Balaban J connectivity index is 3.07. The number of benzene rings is 1. The highest BCUT2D eigenvalue weighted by atomic mass is 16.3. The maximum Gasteiger partial charge on any atom is 0.141 e. The minimum Gasteiger partial charge on any atom is -0.505 e. The van der Waals surface area contributed by atoms with Gasteiger partial charge in [-0.2, -0.15) is 0 Å². The molecule has 1 unspecified atom stereocenters. The Bertz CT molecular complexity index is 271. The van der Waals surface area contributed by atoms with E-state index in [-0.39, 0.29) is 5.75 Å². The van der Waals surface area contributed by atoms with Crippen molar-refractivity contribution in [2.45, 2.75) is 26.2 Å². The Labute approximate surface area is 73.0 Å². The third-order valence-electron chi connectivity index (χ3n) is 2.24. The van der Waals surface area contributed by atoms with Crippen LogP contribution in [0.1, 0.15) is 31.7 Å². The molecule has 1 rings (SSSR count). The number of nitrogens with two attached hydrogens (primary N) is 1. The van der Waals surface area contributed by atoms with E-state index in [4.69, 9.17) is 5.73 Å². The summed E-state index contributed by atoms with van der Waals surface area (Å²) >= 11 is 0. The molecule has 0 heterocycles. The number of phenols is 1. The Morgan fingerprint density at radius 1 is 1.50 bits per heavy atom. The molecule has 1 atom stereocenters. The van der Waals surface area contributed by atoms with Crippen molar-refractivity contribution in [3.05, 3.63) is 23.8 Å². The molecule has 1 aromatic rings. The number of anilines is 1. The lowest BCUT2D eigenvalue weighted by molar-refractivity contribution is 0.464. The van der Waals surface area contributed by atoms with E-state index in [0.717, 1.165) is 12.0 Å². The second-order valence-electron chi connectivity index (χ2n) is 3.09. The van der Waals surface area contributed by atoms with Crippen molar-refractivity contribution >= 4 is 5.69 Å². The molecule has 0 radical (unpaired) electrons. The third-order valence-corrected chi connectivity index (χ3v) is 2.24. The van der Waals surface area contributed by atoms with Gasteiger partial charge in [0.1, 0.15) is 5.75 Å². The van der Waals surface area contributed by atoms with Gasteiger partial charge in [-0.15, -0.1) is 0 Å². The lowest BCUT2D eigenvalue weighted by Crippen LogP contribution is -1.94. The SMILES string of the molecule is CCC(C)c1cccc(N)c1O. The third kappa shape index (κ3) is 1.52. The van der Waals surface area contributed by atoms with Crippen molar-refractivity contribution in [3.63, 3.8) is 0 Å². The van der Waals surface area contributed by atoms with E-state index in [0.29, 0.717) is 11.6 Å². The maximum absolute atomic E-state index is 9.57. The molecule has 0 amide bonds. The molecule has 0 fully saturated rings. The molecule has 1 aromatic carbocycles. The fourth-order valence-corrected chi connectivity index (χ4v) is 1.20.